The molecule has 0 amide bonds. The SMILES string of the molecule is CC(C)S(=O)(=O)CCN=C(N)NC1CCCC1. The fraction of sp³-hybridized carbons (Fsp3) is 0.909. The van der Waals surface area contributed by atoms with Crippen molar-refractivity contribution in [2.75, 3.05) is 12.3 Å². The first-order chi connectivity index (χ1) is 7.92. The van der Waals surface area contributed by atoms with Crippen molar-refractivity contribution in [2.24, 2.45) is 10.7 Å². The fourth-order valence-corrected chi connectivity index (χ4v) is 2.67. The van der Waals surface area contributed by atoms with Gasteiger partial charge in [-0.25, -0.2) is 8.42 Å². The molecule has 0 saturated heterocycles. The van der Waals surface area contributed by atoms with Crippen LogP contribution in [0.1, 0.15) is 39.5 Å². The number of rotatable bonds is 5. The molecule has 1 fully saturated rings. The topological polar surface area (TPSA) is 84.5 Å². The predicted molar refractivity (Wildman–Crippen MR) is 70.8 cm³/mol. The molecule has 0 bridgehead atoms. The Morgan fingerprint density at radius 1 is 1.41 bits per heavy atom. The number of aliphatic imine (C=N–C) groups is 1. The minimum Gasteiger partial charge on any atom is -0.370 e. The number of guanidine groups is 1. The zero-order valence-corrected chi connectivity index (χ0v) is 11.5. The summed E-state index contributed by atoms with van der Waals surface area (Å²) in [5, 5.41) is 2.78. The lowest BCUT2D eigenvalue weighted by molar-refractivity contribution is 0.587. The number of hydrogen-bond donors (Lipinski definition) is 2. The van der Waals surface area contributed by atoms with E-state index in [1.807, 2.05) is 0 Å². The highest BCUT2D eigenvalue weighted by atomic mass is 32.2. The molecule has 5 nitrogen and oxygen atoms in total. The van der Waals surface area contributed by atoms with Crippen LogP contribution in [0.15, 0.2) is 4.99 Å². The molecule has 1 aliphatic carbocycles. The summed E-state index contributed by atoms with van der Waals surface area (Å²) < 4.78 is 23.1. The van der Waals surface area contributed by atoms with Gasteiger partial charge in [-0.05, 0) is 26.7 Å². The van der Waals surface area contributed by atoms with E-state index in [0.717, 1.165) is 12.8 Å². The number of hydrogen-bond acceptors (Lipinski definition) is 3. The van der Waals surface area contributed by atoms with Gasteiger partial charge in [0.25, 0.3) is 0 Å². The molecule has 0 aromatic rings. The maximum Gasteiger partial charge on any atom is 0.188 e. The van der Waals surface area contributed by atoms with Gasteiger partial charge in [0.2, 0.25) is 0 Å². The normalized spacial score (nSPS) is 18.9. The molecule has 0 aromatic carbocycles. The summed E-state index contributed by atoms with van der Waals surface area (Å²) in [5.74, 6) is 0.438. The highest BCUT2D eigenvalue weighted by Gasteiger charge is 2.16. The van der Waals surface area contributed by atoms with Gasteiger partial charge < -0.3 is 11.1 Å². The lowest BCUT2D eigenvalue weighted by Gasteiger charge is -2.12. The summed E-state index contributed by atoms with van der Waals surface area (Å²) >= 11 is 0. The van der Waals surface area contributed by atoms with Crippen LogP contribution < -0.4 is 11.1 Å². The molecular weight excluding hydrogens is 238 g/mol. The van der Waals surface area contributed by atoms with Crippen LogP contribution in [0.5, 0.6) is 0 Å². The maximum atomic E-state index is 11.5. The second-order valence-electron chi connectivity index (χ2n) is 4.81. The third-order valence-corrected chi connectivity index (χ3v) is 5.27. The molecule has 0 atom stereocenters. The Bertz CT molecular complexity index is 357. The quantitative estimate of drug-likeness (QED) is 0.562. The van der Waals surface area contributed by atoms with Gasteiger partial charge in [-0.3, -0.25) is 4.99 Å². The van der Waals surface area contributed by atoms with Crippen molar-refractivity contribution < 1.29 is 8.42 Å². The van der Waals surface area contributed by atoms with Crippen molar-refractivity contribution in [3.05, 3.63) is 0 Å². The molecule has 0 aliphatic heterocycles. The number of nitrogens with two attached hydrogens (primary N) is 1. The van der Waals surface area contributed by atoms with E-state index in [-0.39, 0.29) is 17.5 Å². The number of nitrogens with one attached hydrogen (secondary N) is 1. The predicted octanol–water partition coefficient (Wildman–Crippen LogP) is 0.657. The third-order valence-electron chi connectivity index (χ3n) is 3.08. The van der Waals surface area contributed by atoms with Crippen LogP contribution in [0.25, 0.3) is 0 Å². The molecule has 100 valence electrons. The van der Waals surface area contributed by atoms with Gasteiger partial charge in [-0.2, -0.15) is 0 Å². The summed E-state index contributed by atoms with van der Waals surface area (Å²) in [6.07, 6.45) is 4.71. The van der Waals surface area contributed by atoms with E-state index in [1.165, 1.54) is 12.8 Å². The number of sulfone groups is 1. The van der Waals surface area contributed by atoms with Crippen molar-refractivity contribution in [1.29, 1.82) is 0 Å². The van der Waals surface area contributed by atoms with Crippen LogP contribution in [0, 0.1) is 0 Å². The smallest absolute Gasteiger partial charge is 0.188 e. The average Bonchev–Trinajstić information content (AvgIpc) is 2.69. The van der Waals surface area contributed by atoms with E-state index < -0.39 is 9.84 Å². The first-order valence-electron chi connectivity index (χ1n) is 6.20. The molecule has 0 heterocycles. The fourth-order valence-electron chi connectivity index (χ4n) is 1.85. The van der Waals surface area contributed by atoms with Crippen molar-refractivity contribution in [3.8, 4) is 0 Å². The molecule has 0 aromatic heterocycles. The van der Waals surface area contributed by atoms with E-state index in [1.54, 1.807) is 13.8 Å². The second kappa shape index (κ2) is 6.23. The summed E-state index contributed by atoms with van der Waals surface area (Å²) in [5.41, 5.74) is 5.70. The molecule has 3 N–H and O–H groups in total. The molecule has 1 rings (SSSR count). The van der Waals surface area contributed by atoms with Gasteiger partial charge in [0.1, 0.15) is 0 Å². The van der Waals surface area contributed by atoms with E-state index in [4.69, 9.17) is 5.73 Å². The largest absolute Gasteiger partial charge is 0.370 e. The highest BCUT2D eigenvalue weighted by Crippen LogP contribution is 2.17. The van der Waals surface area contributed by atoms with E-state index in [2.05, 4.69) is 10.3 Å². The summed E-state index contributed by atoms with van der Waals surface area (Å²) in [7, 11) is -3.01. The number of nitrogens with zero attached hydrogens (tertiary/aromatic N) is 1. The molecule has 1 aliphatic rings. The zero-order chi connectivity index (χ0) is 12.9. The van der Waals surface area contributed by atoms with Gasteiger partial charge >= 0.3 is 0 Å². The van der Waals surface area contributed by atoms with Gasteiger partial charge in [-0.15, -0.1) is 0 Å². The van der Waals surface area contributed by atoms with E-state index in [9.17, 15) is 8.42 Å². The Labute approximate surface area is 104 Å². The lowest BCUT2D eigenvalue weighted by Crippen LogP contribution is -2.38. The van der Waals surface area contributed by atoms with Crippen LogP contribution in [0.2, 0.25) is 0 Å². The van der Waals surface area contributed by atoms with Gasteiger partial charge in [0.05, 0.1) is 17.5 Å². The van der Waals surface area contributed by atoms with Crippen LogP contribution in [-0.2, 0) is 9.84 Å². The first-order valence-corrected chi connectivity index (χ1v) is 7.91. The van der Waals surface area contributed by atoms with Crippen molar-refractivity contribution in [3.63, 3.8) is 0 Å². The molecule has 0 radical (unpaired) electrons. The van der Waals surface area contributed by atoms with E-state index in [0.29, 0.717) is 12.0 Å². The van der Waals surface area contributed by atoms with Gasteiger partial charge in [-0.1, -0.05) is 12.8 Å². The Kier molecular flexibility index (Phi) is 5.24. The minimum atomic E-state index is -3.01. The maximum absolute atomic E-state index is 11.5. The van der Waals surface area contributed by atoms with Crippen molar-refractivity contribution in [2.45, 2.75) is 50.8 Å². The molecule has 0 unspecified atom stereocenters. The van der Waals surface area contributed by atoms with Gasteiger partial charge in [0.15, 0.2) is 15.8 Å². The van der Waals surface area contributed by atoms with E-state index >= 15 is 0 Å². The van der Waals surface area contributed by atoms with Crippen LogP contribution in [0.4, 0.5) is 0 Å². The van der Waals surface area contributed by atoms with Crippen LogP contribution in [0.3, 0.4) is 0 Å². The van der Waals surface area contributed by atoms with Crippen molar-refractivity contribution in [1.82, 2.24) is 5.32 Å². The average molecular weight is 261 g/mol. The zero-order valence-electron chi connectivity index (χ0n) is 10.6. The summed E-state index contributed by atoms with van der Waals surface area (Å²) in [4.78, 5) is 4.06. The third kappa shape index (κ3) is 4.93. The monoisotopic (exact) mass is 261 g/mol. The minimum absolute atomic E-state index is 0.0672. The van der Waals surface area contributed by atoms with Crippen LogP contribution in [-0.4, -0.2) is 38.0 Å². The molecule has 17 heavy (non-hydrogen) atoms. The molecule has 1 saturated carbocycles. The summed E-state index contributed by atoms with van der Waals surface area (Å²) in [6.45, 7) is 3.60. The lowest BCUT2D eigenvalue weighted by atomic mass is 10.3. The molecule has 6 heteroatoms. The van der Waals surface area contributed by atoms with Crippen LogP contribution >= 0.6 is 0 Å². The first kappa shape index (κ1) is 14.3. The van der Waals surface area contributed by atoms with Crippen molar-refractivity contribution >= 4 is 15.8 Å². The Hall–Kier alpha value is -0.780. The Balaban J connectivity index is 2.32. The summed E-state index contributed by atoms with van der Waals surface area (Å²) in [6, 6.07) is 0.417. The highest BCUT2D eigenvalue weighted by molar-refractivity contribution is 7.92. The Morgan fingerprint density at radius 2 is 2.00 bits per heavy atom. The molecular formula is C11H23N3O2S. The second-order valence-corrected chi connectivity index (χ2v) is 7.49. The Morgan fingerprint density at radius 3 is 2.53 bits per heavy atom. The van der Waals surface area contributed by atoms with Gasteiger partial charge in [0, 0.05) is 6.04 Å². The molecule has 0 spiro atoms. The standard InChI is InChI=1S/C11H23N3O2S/c1-9(2)17(15,16)8-7-13-11(12)14-10-5-3-4-6-10/h9-10H,3-8H2,1-2H3,(H3,12,13,14).